The second kappa shape index (κ2) is 5.92. The summed E-state index contributed by atoms with van der Waals surface area (Å²) in [5.41, 5.74) is 0.418. The van der Waals surface area contributed by atoms with Crippen LogP contribution >= 0.6 is 34.8 Å². The minimum Gasteiger partial charge on any atom is -0.390 e. The van der Waals surface area contributed by atoms with Crippen molar-refractivity contribution in [1.82, 2.24) is 0 Å². The first kappa shape index (κ1) is 13.1. The fourth-order valence-corrected chi connectivity index (χ4v) is 1.87. The molecule has 1 aromatic carbocycles. The molecule has 0 aliphatic rings. The van der Waals surface area contributed by atoms with Gasteiger partial charge in [0.25, 0.3) is 0 Å². The topological polar surface area (TPSA) is 40.5 Å². The summed E-state index contributed by atoms with van der Waals surface area (Å²) in [4.78, 5) is 0. The molecule has 5 heteroatoms. The number of benzene rings is 1. The molecule has 0 saturated heterocycles. The Bertz CT molecular complexity index is 330. The van der Waals surface area contributed by atoms with E-state index in [0.717, 1.165) is 0 Å². The average molecular weight is 270 g/mol. The molecule has 0 saturated carbocycles. The Kier molecular flexibility index (Phi) is 5.16. The summed E-state index contributed by atoms with van der Waals surface area (Å²) in [5, 5.41) is 19.9. The Morgan fingerprint density at radius 1 is 1.20 bits per heavy atom. The van der Waals surface area contributed by atoms with E-state index in [-0.39, 0.29) is 10.9 Å². The Balaban J connectivity index is 2.90. The number of hydrogen-bond acceptors (Lipinski definition) is 2. The summed E-state index contributed by atoms with van der Waals surface area (Å²) in [6.07, 6.45) is -1.70. The largest absolute Gasteiger partial charge is 0.390 e. The van der Waals surface area contributed by atoms with Crippen LogP contribution < -0.4 is 0 Å². The highest BCUT2D eigenvalue weighted by atomic mass is 35.5. The van der Waals surface area contributed by atoms with Crippen molar-refractivity contribution in [2.24, 2.45) is 0 Å². The molecule has 0 amide bonds. The number of halogens is 3. The van der Waals surface area contributed by atoms with Gasteiger partial charge in [0.1, 0.15) is 6.10 Å². The minimum absolute atomic E-state index is 0.264. The van der Waals surface area contributed by atoms with Crippen LogP contribution in [0.5, 0.6) is 0 Å². The maximum Gasteiger partial charge on any atom is 0.106 e. The van der Waals surface area contributed by atoms with Crippen LogP contribution in [0.15, 0.2) is 18.2 Å². The van der Waals surface area contributed by atoms with Crippen molar-refractivity contribution in [2.75, 3.05) is 5.88 Å². The highest BCUT2D eigenvalue weighted by Gasteiger charge is 2.20. The van der Waals surface area contributed by atoms with Crippen LogP contribution in [0.2, 0.25) is 10.0 Å². The first-order chi connectivity index (χ1) is 7.07. The molecule has 0 heterocycles. The Morgan fingerprint density at radius 2 is 1.87 bits per heavy atom. The summed E-state index contributed by atoms with van der Waals surface area (Å²) < 4.78 is 0. The fraction of sp³-hybridized carbons (Fsp3) is 0.400. The third-order valence-electron chi connectivity index (χ3n) is 2.07. The highest BCUT2D eigenvalue weighted by molar-refractivity contribution is 6.42. The average Bonchev–Trinajstić information content (AvgIpc) is 2.21. The van der Waals surface area contributed by atoms with E-state index in [9.17, 15) is 10.2 Å². The molecule has 0 aromatic heterocycles. The fourth-order valence-electron chi connectivity index (χ4n) is 1.23. The number of alkyl halides is 1. The molecule has 2 atom stereocenters. The highest BCUT2D eigenvalue weighted by Crippen LogP contribution is 2.31. The Hall–Kier alpha value is 0.01000. The van der Waals surface area contributed by atoms with Gasteiger partial charge in [-0.2, -0.15) is 0 Å². The quantitative estimate of drug-likeness (QED) is 0.825. The van der Waals surface area contributed by atoms with E-state index >= 15 is 0 Å². The Labute approximate surface area is 103 Å². The van der Waals surface area contributed by atoms with E-state index in [0.29, 0.717) is 17.0 Å². The van der Waals surface area contributed by atoms with E-state index in [1.807, 2.05) is 0 Å². The molecule has 2 N–H and O–H groups in total. The zero-order valence-corrected chi connectivity index (χ0v) is 10.1. The van der Waals surface area contributed by atoms with Crippen molar-refractivity contribution in [3.05, 3.63) is 33.8 Å². The van der Waals surface area contributed by atoms with Gasteiger partial charge in [-0.3, -0.25) is 0 Å². The number of rotatable bonds is 4. The summed E-state index contributed by atoms with van der Waals surface area (Å²) in [7, 11) is 0. The molecular formula is C10H11Cl3O2. The monoisotopic (exact) mass is 268 g/mol. The normalized spacial score (nSPS) is 15.0. The van der Waals surface area contributed by atoms with Crippen molar-refractivity contribution >= 4 is 34.8 Å². The van der Waals surface area contributed by atoms with Crippen molar-refractivity contribution in [1.29, 1.82) is 0 Å². The number of aliphatic hydroxyl groups excluding tert-OH is 2. The van der Waals surface area contributed by atoms with E-state index in [4.69, 9.17) is 34.8 Å². The van der Waals surface area contributed by atoms with Crippen LogP contribution in [0, 0.1) is 0 Å². The number of hydrogen-bond donors (Lipinski definition) is 2. The maximum absolute atomic E-state index is 9.77. The van der Waals surface area contributed by atoms with E-state index in [1.54, 1.807) is 18.2 Å². The second-order valence-corrected chi connectivity index (χ2v) is 4.30. The number of aliphatic hydroxyl groups is 2. The van der Waals surface area contributed by atoms with Crippen LogP contribution in [-0.2, 0) is 0 Å². The molecule has 84 valence electrons. The molecule has 2 nitrogen and oxygen atoms in total. The molecule has 1 rings (SSSR count). The van der Waals surface area contributed by atoms with Gasteiger partial charge in [-0.05, 0) is 12.5 Å². The maximum atomic E-state index is 9.77. The summed E-state index contributed by atoms with van der Waals surface area (Å²) in [6, 6.07) is 4.91. The third kappa shape index (κ3) is 3.23. The molecule has 0 spiro atoms. The van der Waals surface area contributed by atoms with Crippen LogP contribution in [0.1, 0.15) is 18.1 Å². The van der Waals surface area contributed by atoms with E-state index < -0.39 is 12.2 Å². The molecule has 2 unspecified atom stereocenters. The van der Waals surface area contributed by atoms with Crippen molar-refractivity contribution in [2.45, 2.75) is 18.6 Å². The van der Waals surface area contributed by atoms with Crippen LogP contribution in [0.4, 0.5) is 0 Å². The Morgan fingerprint density at radius 3 is 2.47 bits per heavy atom. The molecule has 0 radical (unpaired) electrons. The van der Waals surface area contributed by atoms with Crippen molar-refractivity contribution in [3.8, 4) is 0 Å². The predicted octanol–water partition coefficient (Wildman–Crippen LogP) is 3.02. The van der Waals surface area contributed by atoms with Gasteiger partial charge < -0.3 is 10.2 Å². The zero-order chi connectivity index (χ0) is 11.4. The standard InChI is InChI=1S/C10H11Cl3O2/c11-5-4-8(14)10(15)6-2-1-3-7(12)9(6)13/h1-3,8,10,14-15H,4-5H2. The van der Waals surface area contributed by atoms with Gasteiger partial charge in [0.05, 0.1) is 16.1 Å². The van der Waals surface area contributed by atoms with E-state index in [1.165, 1.54) is 0 Å². The van der Waals surface area contributed by atoms with Gasteiger partial charge in [-0.25, -0.2) is 0 Å². The lowest BCUT2D eigenvalue weighted by molar-refractivity contribution is 0.0170. The molecular weight excluding hydrogens is 258 g/mol. The van der Waals surface area contributed by atoms with Gasteiger partial charge in [0, 0.05) is 11.4 Å². The second-order valence-electron chi connectivity index (χ2n) is 3.13. The van der Waals surface area contributed by atoms with Gasteiger partial charge in [0.2, 0.25) is 0 Å². The van der Waals surface area contributed by atoms with Gasteiger partial charge >= 0.3 is 0 Å². The lowest BCUT2D eigenvalue weighted by Crippen LogP contribution is -2.19. The van der Waals surface area contributed by atoms with Crippen molar-refractivity contribution < 1.29 is 10.2 Å². The predicted molar refractivity (Wildman–Crippen MR) is 62.8 cm³/mol. The zero-order valence-electron chi connectivity index (χ0n) is 7.83. The first-order valence-corrected chi connectivity index (χ1v) is 5.73. The first-order valence-electron chi connectivity index (χ1n) is 4.44. The molecule has 0 fully saturated rings. The minimum atomic E-state index is -1.06. The van der Waals surface area contributed by atoms with Crippen LogP contribution in [0.3, 0.4) is 0 Å². The summed E-state index contributed by atoms with van der Waals surface area (Å²) in [6.45, 7) is 0. The van der Waals surface area contributed by atoms with Crippen molar-refractivity contribution in [3.63, 3.8) is 0 Å². The molecule has 0 aliphatic carbocycles. The SMILES string of the molecule is OC(CCCl)C(O)c1cccc(Cl)c1Cl. The summed E-state index contributed by atoms with van der Waals surface area (Å²) in [5.74, 6) is 0.274. The van der Waals surface area contributed by atoms with E-state index in [2.05, 4.69) is 0 Å². The van der Waals surface area contributed by atoms with Gasteiger partial charge in [0.15, 0.2) is 0 Å². The lowest BCUT2D eigenvalue weighted by Gasteiger charge is -2.18. The van der Waals surface area contributed by atoms with Crippen LogP contribution in [-0.4, -0.2) is 22.2 Å². The molecule has 1 aromatic rings. The van der Waals surface area contributed by atoms with Gasteiger partial charge in [-0.15, -0.1) is 11.6 Å². The van der Waals surface area contributed by atoms with Gasteiger partial charge in [-0.1, -0.05) is 35.3 Å². The summed E-state index contributed by atoms with van der Waals surface area (Å²) >= 11 is 17.2. The lowest BCUT2D eigenvalue weighted by atomic mass is 10.0. The molecule has 15 heavy (non-hydrogen) atoms. The smallest absolute Gasteiger partial charge is 0.106 e. The molecule has 0 bridgehead atoms. The third-order valence-corrected chi connectivity index (χ3v) is 3.12. The van der Waals surface area contributed by atoms with Crippen LogP contribution in [0.25, 0.3) is 0 Å². The molecule has 0 aliphatic heterocycles.